The van der Waals surface area contributed by atoms with Crippen LogP contribution in [0.25, 0.3) is 0 Å². The number of alkyl halides is 1. The van der Waals surface area contributed by atoms with Gasteiger partial charge in [0.05, 0.1) is 0 Å². The minimum absolute atomic E-state index is 0.375. The average molecular weight is 259 g/mol. The molecular weight excluding hydrogens is 244 g/mol. The molecule has 1 aliphatic heterocycles. The van der Waals surface area contributed by atoms with Crippen molar-refractivity contribution in [3.8, 4) is 0 Å². The number of para-hydroxylation sites is 1. The standard InChI is InChI=1S/C16H15F2N/c1-10-7-12(9-13(17)8-10)15(18)14-4-2-3-11-5-6-19-16(11)14/h2-4,7-9,15,19H,5-6H2,1H3. The SMILES string of the molecule is Cc1cc(F)cc(C(F)c2cccc3c2NCC3)c1. The van der Waals surface area contributed by atoms with Crippen LogP contribution in [0.15, 0.2) is 36.4 Å². The Kier molecular flexibility index (Phi) is 2.97. The largest absolute Gasteiger partial charge is 0.384 e. The lowest BCUT2D eigenvalue weighted by Gasteiger charge is -2.14. The summed E-state index contributed by atoms with van der Waals surface area (Å²) in [5, 5.41) is 3.21. The number of rotatable bonds is 2. The van der Waals surface area contributed by atoms with E-state index in [9.17, 15) is 8.78 Å². The van der Waals surface area contributed by atoms with Crippen LogP contribution < -0.4 is 5.32 Å². The lowest BCUT2D eigenvalue weighted by atomic mass is 9.97. The summed E-state index contributed by atoms with van der Waals surface area (Å²) in [4.78, 5) is 0. The number of hydrogen-bond donors (Lipinski definition) is 1. The Morgan fingerprint density at radius 3 is 2.84 bits per heavy atom. The van der Waals surface area contributed by atoms with Crippen molar-refractivity contribution in [1.29, 1.82) is 0 Å². The fraction of sp³-hybridized carbons (Fsp3) is 0.250. The Morgan fingerprint density at radius 1 is 1.21 bits per heavy atom. The first-order chi connectivity index (χ1) is 9.15. The third kappa shape index (κ3) is 2.21. The maximum absolute atomic E-state index is 14.7. The Bertz CT molecular complexity index is 602. The van der Waals surface area contributed by atoms with Crippen molar-refractivity contribution in [2.24, 2.45) is 0 Å². The number of anilines is 1. The molecule has 3 rings (SSSR count). The minimum atomic E-state index is -1.30. The number of fused-ring (bicyclic) bond motifs is 1. The van der Waals surface area contributed by atoms with Crippen LogP contribution >= 0.6 is 0 Å². The van der Waals surface area contributed by atoms with Gasteiger partial charge in [-0.25, -0.2) is 8.78 Å². The van der Waals surface area contributed by atoms with E-state index in [1.165, 1.54) is 12.1 Å². The van der Waals surface area contributed by atoms with Crippen molar-refractivity contribution >= 4 is 5.69 Å². The normalized spacial score (nSPS) is 14.9. The summed E-state index contributed by atoms with van der Waals surface area (Å²) in [6.07, 6.45) is -0.382. The third-order valence-corrected chi connectivity index (χ3v) is 3.51. The lowest BCUT2D eigenvalue weighted by Crippen LogP contribution is -2.01. The van der Waals surface area contributed by atoms with E-state index < -0.39 is 12.0 Å². The molecule has 0 amide bonds. The van der Waals surface area contributed by atoms with Crippen molar-refractivity contribution < 1.29 is 8.78 Å². The second-order valence-electron chi connectivity index (χ2n) is 4.98. The maximum atomic E-state index is 14.7. The molecule has 0 bridgehead atoms. The predicted octanol–water partition coefficient (Wildman–Crippen LogP) is 4.16. The van der Waals surface area contributed by atoms with E-state index in [0.717, 1.165) is 29.8 Å². The van der Waals surface area contributed by atoms with Crippen LogP contribution in [0.5, 0.6) is 0 Å². The quantitative estimate of drug-likeness (QED) is 0.853. The van der Waals surface area contributed by atoms with Gasteiger partial charge in [0.25, 0.3) is 0 Å². The molecule has 1 nitrogen and oxygen atoms in total. The maximum Gasteiger partial charge on any atom is 0.152 e. The first-order valence-electron chi connectivity index (χ1n) is 6.42. The molecule has 1 atom stereocenters. The summed E-state index contributed by atoms with van der Waals surface area (Å²) in [5.74, 6) is -0.391. The molecule has 0 fully saturated rings. The van der Waals surface area contributed by atoms with Crippen LogP contribution in [0.1, 0.15) is 28.4 Å². The van der Waals surface area contributed by atoms with Gasteiger partial charge >= 0.3 is 0 Å². The topological polar surface area (TPSA) is 12.0 Å². The Morgan fingerprint density at radius 2 is 2.05 bits per heavy atom. The van der Waals surface area contributed by atoms with E-state index in [4.69, 9.17) is 0 Å². The lowest BCUT2D eigenvalue weighted by molar-refractivity contribution is 0.401. The molecular formula is C16H15F2N. The molecule has 1 aliphatic rings. The zero-order valence-corrected chi connectivity index (χ0v) is 10.7. The fourth-order valence-electron chi connectivity index (χ4n) is 2.67. The molecule has 0 aromatic heterocycles. The van der Waals surface area contributed by atoms with Gasteiger partial charge in [-0.3, -0.25) is 0 Å². The van der Waals surface area contributed by atoms with Crippen molar-refractivity contribution in [2.75, 3.05) is 11.9 Å². The van der Waals surface area contributed by atoms with Crippen molar-refractivity contribution in [3.63, 3.8) is 0 Å². The van der Waals surface area contributed by atoms with Crippen molar-refractivity contribution in [1.82, 2.24) is 0 Å². The van der Waals surface area contributed by atoms with Crippen LogP contribution in [0.2, 0.25) is 0 Å². The summed E-state index contributed by atoms with van der Waals surface area (Å²) >= 11 is 0. The number of benzene rings is 2. The molecule has 2 aromatic carbocycles. The van der Waals surface area contributed by atoms with Gasteiger partial charge in [0, 0.05) is 17.8 Å². The predicted molar refractivity (Wildman–Crippen MR) is 72.7 cm³/mol. The summed E-state index contributed by atoms with van der Waals surface area (Å²) < 4.78 is 28.1. The smallest absolute Gasteiger partial charge is 0.152 e. The van der Waals surface area contributed by atoms with Crippen LogP contribution in [0.3, 0.4) is 0 Å². The monoisotopic (exact) mass is 259 g/mol. The van der Waals surface area contributed by atoms with Gasteiger partial charge < -0.3 is 5.32 Å². The summed E-state index contributed by atoms with van der Waals surface area (Å²) in [6, 6.07) is 10.0. The van der Waals surface area contributed by atoms with E-state index >= 15 is 0 Å². The molecule has 0 saturated heterocycles. The highest BCUT2D eigenvalue weighted by Gasteiger charge is 2.21. The second kappa shape index (κ2) is 4.65. The Labute approximate surface area is 111 Å². The number of halogens is 2. The van der Waals surface area contributed by atoms with Gasteiger partial charge in [-0.05, 0) is 42.2 Å². The number of nitrogens with one attached hydrogen (secondary N) is 1. The van der Waals surface area contributed by atoms with Gasteiger partial charge in [0.2, 0.25) is 0 Å². The van der Waals surface area contributed by atoms with E-state index in [1.54, 1.807) is 19.1 Å². The molecule has 1 unspecified atom stereocenters. The molecule has 1 N–H and O–H groups in total. The number of hydrogen-bond acceptors (Lipinski definition) is 1. The molecule has 0 radical (unpaired) electrons. The van der Waals surface area contributed by atoms with Crippen LogP contribution in [0.4, 0.5) is 14.5 Å². The van der Waals surface area contributed by atoms with Crippen LogP contribution in [0, 0.1) is 12.7 Å². The number of aryl methyl sites for hydroxylation is 1. The first-order valence-corrected chi connectivity index (χ1v) is 6.42. The average Bonchev–Trinajstić information content (AvgIpc) is 2.84. The Balaban J connectivity index is 2.04. The summed E-state index contributed by atoms with van der Waals surface area (Å²) in [7, 11) is 0. The molecule has 0 spiro atoms. The van der Waals surface area contributed by atoms with Gasteiger partial charge in [-0.15, -0.1) is 0 Å². The van der Waals surface area contributed by atoms with Gasteiger partial charge in [-0.2, -0.15) is 0 Å². The fourth-order valence-corrected chi connectivity index (χ4v) is 2.67. The Hall–Kier alpha value is -1.90. The summed E-state index contributed by atoms with van der Waals surface area (Å²) in [5.41, 5.74) is 3.71. The molecule has 0 saturated carbocycles. The van der Waals surface area contributed by atoms with E-state index in [2.05, 4.69) is 5.32 Å². The molecule has 98 valence electrons. The molecule has 1 heterocycles. The van der Waals surface area contributed by atoms with Crippen LogP contribution in [-0.4, -0.2) is 6.54 Å². The van der Waals surface area contributed by atoms with E-state index in [0.29, 0.717) is 11.1 Å². The van der Waals surface area contributed by atoms with E-state index in [1.807, 2.05) is 12.1 Å². The minimum Gasteiger partial charge on any atom is -0.384 e. The third-order valence-electron chi connectivity index (χ3n) is 3.51. The zero-order valence-electron chi connectivity index (χ0n) is 10.7. The van der Waals surface area contributed by atoms with Gasteiger partial charge in [0.15, 0.2) is 6.17 Å². The highest BCUT2D eigenvalue weighted by molar-refractivity contribution is 5.63. The highest BCUT2D eigenvalue weighted by Crippen LogP contribution is 2.36. The molecule has 19 heavy (non-hydrogen) atoms. The van der Waals surface area contributed by atoms with Gasteiger partial charge in [0.1, 0.15) is 5.82 Å². The highest BCUT2D eigenvalue weighted by atomic mass is 19.1. The van der Waals surface area contributed by atoms with Crippen molar-refractivity contribution in [2.45, 2.75) is 19.5 Å². The van der Waals surface area contributed by atoms with E-state index in [-0.39, 0.29) is 0 Å². The first kappa shape index (κ1) is 12.2. The summed E-state index contributed by atoms with van der Waals surface area (Å²) in [6.45, 7) is 2.61. The molecule has 3 heteroatoms. The molecule has 2 aromatic rings. The van der Waals surface area contributed by atoms with Gasteiger partial charge in [-0.1, -0.05) is 24.3 Å². The van der Waals surface area contributed by atoms with Crippen LogP contribution in [-0.2, 0) is 6.42 Å². The van der Waals surface area contributed by atoms with Crippen molar-refractivity contribution in [3.05, 3.63) is 64.5 Å². The molecule has 0 aliphatic carbocycles. The zero-order chi connectivity index (χ0) is 13.4. The second-order valence-corrected chi connectivity index (χ2v) is 4.98.